The van der Waals surface area contributed by atoms with E-state index in [0.29, 0.717) is 5.56 Å². The molecule has 0 heterocycles. The summed E-state index contributed by atoms with van der Waals surface area (Å²) < 4.78 is 62.8. The zero-order valence-corrected chi connectivity index (χ0v) is 9.27. The fourth-order valence-corrected chi connectivity index (χ4v) is 2.36. The van der Waals surface area contributed by atoms with Crippen LogP contribution in [0.2, 0.25) is 0 Å². The molecular weight excluding hydrogens is 255 g/mol. The molecule has 0 unspecified atom stereocenters. The Labute approximate surface area is 100 Å². The van der Waals surface area contributed by atoms with Crippen LogP contribution in [0.3, 0.4) is 0 Å². The van der Waals surface area contributed by atoms with E-state index in [1.54, 1.807) is 0 Å². The van der Waals surface area contributed by atoms with Crippen LogP contribution in [0.15, 0.2) is 24.3 Å². The van der Waals surface area contributed by atoms with E-state index in [1.165, 1.54) is 0 Å². The minimum absolute atomic E-state index is 0.323. The second kappa shape index (κ2) is 3.91. The Balaban J connectivity index is 2.25. The smallest absolute Gasteiger partial charge is 0.395 e. The number of benzene rings is 1. The highest BCUT2D eigenvalue weighted by Gasteiger charge is 2.57. The topological polar surface area (TPSA) is 20.2 Å². The molecule has 0 atom stereocenters. The second-order valence-corrected chi connectivity index (χ2v) is 4.72. The molecule has 1 aliphatic carbocycles. The van der Waals surface area contributed by atoms with E-state index in [9.17, 15) is 27.1 Å². The highest BCUT2D eigenvalue weighted by Crippen LogP contribution is 2.53. The van der Waals surface area contributed by atoms with Gasteiger partial charge in [-0.3, -0.25) is 0 Å². The first kappa shape index (κ1) is 13.3. The Morgan fingerprint density at radius 3 is 1.89 bits per heavy atom. The Kier molecular flexibility index (Phi) is 2.88. The molecule has 18 heavy (non-hydrogen) atoms. The minimum atomic E-state index is -4.45. The molecule has 0 saturated heterocycles. The van der Waals surface area contributed by atoms with Gasteiger partial charge in [0.15, 0.2) is 0 Å². The van der Waals surface area contributed by atoms with E-state index in [-0.39, 0.29) is 0 Å². The summed E-state index contributed by atoms with van der Waals surface area (Å²) in [5, 5.41) is 9.20. The molecule has 1 nitrogen and oxygen atoms in total. The molecule has 0 amide bonds. The lowest BCUT2D eigenvalue weighted by molar-refractivity contribution is -0.141. The van der Waals surface area contributed by atoms with Crippen molar-refractivity contribution in [3.8, 4) is 0 Å². The number of rotatable bonds is 2. The maximum absolute atomic E-state index is 12.9. The van der Waals surface area contributed by atoms with Crippen LogP contribution in [-0.4, -0.2) is 17.6 Å². The first-order valence-corrected chi connectivity index (χ1v) is 5.35. The summed E-state index contributed by atoms with van der Waals surface area (Å²) >= 11 is 0. The van der Waals surface area contributed by atoms with Gasteiger partial charge in [0, 0.05) is 18.3 Å². The Hall–Kier alpha value is -1.17. The van der Waals surface area contributed by atoms with Crippen molar-refractivity contribution >= 4 is 0 Å². The van der Waals surface area contributed by atoms with Crippen LogP contribution in [-0.2, 0) is 11.6 Å². The van der Waals surface area contributed by atoms with Gasteiger partial charge in [0.1, 0.15) is 0 Å². The molecule has 100 valence electrons. The highest BCUT2D eigenvalue weighted by molar-refractivity contribution is 5.34. The average Bonchev–Trinajstić information content (AvgIpc) is 2.24. The summed E-state index contributed by atoms with van der Waals surface area (Å²) in [6.45, 7) is -0.492. The van der Waals surface area contributed by atoms with Crippen molar-refractivity contribution in [2.75, 3.05) is 6.61 Å². The van der Waals surface area contributed by atoms with Crippen LogP contribution in [0.5, 0.6) is 0 Å². The maximum Gasteiger partial charge on any atom is 0.416 e. The molecule has 0 aromatic heterocycles. The SMILES string of the molecule is OCC1(c2ccc(C(F)(F)F)cc2)CC(F)(F)C1. The van der Waals surface area contributed by atoms with E-state index >= 15 is 0 Å². The summed E-state index contributed by atoms with van der Waals surface area (Å²) in [6.07, 6.45) is -5.50. The third kappa shape index (κ3) is 2.21. The fraction of sp³-hybridized carbons (Fsp3) is 0.500. The standard InChI is InChI=1S/C12H11F5O/c13-11(14)5-10(6-11,7-18)8-1-3-9(4-2-8)12(15,16)17/h1-4,18H,5-7H2. The van der Waals surface area contributed by atoms with Crippen molar-refractivity contribution in [3.63, 3.8) is 0 Å². The molecule has 1 aliphatic rings. The average molecular weight is 266 g/mol. The number of aliphatic hydroxyl groups is 1. The van der Waals surface area contributed by atoms with Crippen LogP contribution in [0, 0.1) is 0 Å². The molecule has 2 rings (SSSR count). The van der Waals surface area contributed by atoms with Gasteiger partial charge in [-0.2, -0.15) is 13.2 Å². The quantitative estimate of drug-likeness (QED) is 0.814. The second-order valence-electron chi connectivity index (χ2n) is 4.72. The molecule has 1 saturated carbocycles. The van der Waals surface area contributed by atoms with Gasteiger partial charge in [0.05, 0.1) is 12.2 Å². The predicted molar refractivity (Wildman–Crippen MR) is 54.4 cm³/mol. The largest absolute Gasteiger partial charge is 0.416 e. The van der Waals surface area contributed by atoms with Crippen molar-refractivity contribution in [2.24, 2.45) is 0 Å². The third-order valence-corrected chi connectivity index (χ3v) is 3.32. The number of aliphatic hydroxyl groups excluding tert-OH is 1. The predicted octanol–water partition coefficient (Wildman–Crippen LogP) is 3.36. The lowest BCUT2D eigenvalue weighted by Crippen LogP contribution is -2.51. The molecule has 1 aromatic rings. The maximum atomic E-state index is 12.9. The third-order valence-electron chi connectivity index (χ3n) is 3.32. The monoisotopic (exact) mass is 266 g/mol. The highest BCUT2D eigenvalue weighted by atomic mass is 19.4. The van der Waals surface area contributed by atoms with Gasteiger partial charge < -0.3 is 5.11 Å². The van der Waals surface area contributed by atoms with Crippen LogP contribution >= 0.6 is 0 Å². The van der Waals surface area contributed by atoms with Gasteiger partial charge in [-0.05, 0) is 17.7 Å². The molecule has 0 radical (unpaired) electrons. The van der Waals surface area contributed by atoms with Crippen molar-refractivity contribution in [2.45, 2.75) is 30.4 Å². The van der Waals surface area contributed by atoms with Crippen LogP contribution in [0.4, 0.5) is 22.0 Å². The van der Waals surface area contributed by atoms with Crippen molar-refractivity contribution in [1.29, 1.82) is 0 Å². The van der Waals surface area contributed by atoms with E-state index < -0.39 is 42.5 Å². The van der Waals surface area contributed by atoms with E-state index in [0.717, 1.165) is 24.3 Å². The summed E-state index contributed by atoms with van der Waals surface area (Å²) in [6, 6.07) is 4.02. The Bertz CT molecular complexity index is 427. The van der Waals surface area contributed by atoms with Gasteiger partial charge in [0.25, 0.3) is 0 Å². The first-order valence-electron chi connectivity index (χ1n) is 5.35. The molecule has 6 heteroatoms. The lowest BCUT2D eigenvalue weighted by Gasteiger charge is -2.46. The Morgan fingerprint density at radius 1 is 1.06 bits per heavy atom. The molecule has 1 aromatic carbocycles. The van der Waals surface area contributed by atoms with Gasteiger partial charge in [0.2, 0.25) is 5.92 Å². The normalized spacial score (nSPS) is 21.4. The van der Waals surface area contributed by atoms with E-state index in [4.69, 9.17) is 0 Å². The van der Waals surface area contributed by atoms with Gasteiger partial charge in [-0.1, -0.05) is 12.1 Å². The molecule has 1 N–H and O–H groups in total. The molecule has 0 aliphatic heterocycles. The first-order chi connectivity index (χ1) is 8.19. The number of hydrogen-bond acceptors (Lipinski definition) is 1. The minimum Gasteiger partial charge on any atom is -0.395 e. The summed E-state index contributed by atoms with van der Waals surface area (Å²) in [4.78, 5) is 0. The lowest BCUT2D eigenvalue weighted by atomic mass is 9.62. The fourth-order valence-electron chi connectivity index (χ4n) is 2.36. The molecule has 0 spiro atoms. The van der Waals surface area contributed by atoms with E-state index in [1.807, 2.05) is 0 Å². The number of hydrogen-bond donors (Lipinski definition) is 1. The van der Waals surface area contributed by atoms with E-state index in [2.05, 4.69) is 0 Å². The Morgan fingerprint density at radius 2 is 1.56 bits per heavy atom. The van der Waals surface area contributed by atoms with Gasteiger partial charge in [-0.15, -0.1) is 0 Å². The zero-order chi connectivity index (χ0) is 13.6. The molecular formula is C12H11F5O. The number of halogens is 5. The zero-order valence-electron chi connectivity index (χ0n) is 9.27. The van der Waals surface area contributed by atoms with Crippen molar-refractivity contribution in [3.05, 3.63) is 35.4 Å². The molecule has 1 fully saturated rings. The van der Waals surface area contributed by atoms with Gasteiger partial charge >= 0.3 is 6.18 Å². The van der Waals surface area contributed by atoms with Crippen LogP contribution < -0.4 is 0 Å². The summed E-state index contributed by atoms with van der Waals surface area (Å²) in [5.74, 6) is -2.84. The summed E-state index contributed by atoms with van der Waals surface area (Å²) in [5.41, 5.74) is -1.61. The summed E-state index contributed by atoms with van der Waals surface area (Å²) in [7, 11) is 0. The van der Waals surface area contributed by atoms with Crippen molar-refractivity contribution < 1.29 is 27.1 Å². The number of alkyl halides is 5. The van der Waals surface area contributed by atoms with Crippen molar-refractivity contribution in [1.82, 2.24) is 0 Å². The van der Waals surface area contributed by atoms with Crippen LogP contribution in [0.1, 0.15) is 24.0 Å². The molecule has 0 bridgehead atoms. The van der Waals surface area contributed by atoms with Crippen LogP contribution in [0.25, 0.3) is 0 Å². The van der Waals surface area contributed by atoms with Gasteiger partial charge in [-0.25, -0.2) is 8.78 Å².